The number of carbonyl (C=O) groups is 2. The molecule has 1 heterocycles. The summed E-state index contributed by atoms with van der Waals surface area (Å²) in [5.41, 5.74) is -0.368. The Labute approximate surface area is 214 Å². The smallest absolute Gasteiger partial charge is 0.369 e. The summed E-state index contributed by atoms with van der Waals surface area (Å²) in [6.07, 6.45) is -1.64. The van der Waals surface area contributed by atoms with Crippen LogP contribution in [0.2, 0.25) is 5.02 Å². The fourth-order valence-corrected chi connectivity index (χ4v) is 3.13. The number of hydrogen-bond acceptors (Lipinski definition) is 6. The summed E-state index contributed by atoms with van der Waals surface area (Å²) >= 11 is 6.13. The Morgan fingerprint density at radius 3 is 2.49 bits per heavy atom. The lowest BCUT2D eigenvalue weighted by Gasteiger charge is -2.12. The van der Waals surface area contributed by atoms with E-state index in [1.54, 1.807) is 0 Å². The van der Waals surface area contributed by atoms with Gasteiger partial charge in [-0.2, -0.15) is 18.2 Å². The minimum atomic E-state index is -4.47. The van der Waals surface area contributed by atoms with Crippen LogP contribution in [0, 0.1) is 5.82 Å². The normalized spacial score (nSPS) is 10.9. The predicted molar refractivity (Wildman–Crippen MR) is 132 cm³/mol. The van der Waals surface area contributed by atoms with Crippen molar-refractivity contribution in [3.8, 4) is 0 Å². The first-order valence-corrected chi connectivity index (χ1v) is 11.2. The molecule has 0 aliphatic heterocycles. The van der Waals surface area contributed by atoms with Crippen LogP contribution in [0.5, 0.6) is 0 Å². The Balaban J connectivity index is 1.51. The lowest BCUT2D eigenvalue weighted by molar-refractivity contribution is -0.137. The van der Waals surface area contributed by atoms with Crippen molar-refractivity contribution >= 4 is 46.6 Å². The van der Waals surface area contributed by atoms with Crippen LogP contribution in [0.15, 0.2) is 61.3 Å². The number of carbonyl (C=O) groups excluding carboxylic acids is 2. The Morgan fingerprint density at radius 1 is 1.08 bits per heavy atom. The molecular weight excluding hydrogens is 516 g/mol. The van der Waals surface area contributed by atoms with E-state index >= 15 is 0 Å². The molecular formula is C24H21ClF4N6O2. The lowest BCUT2D eigenvalue weighted by atomic mass is 10.1. The molecule has 0 radical (unpaired) electrons. The molecule has 4 N–H and O–H groups in total. The second-order valence-corrected chi connectivity index (χ2v) is 7.92. The Kier molecular flexibility index (Phi) is 9.01. The number of aromatic nitrogens is 2. The maximum atomic E-state index is 13.9. The number of nitrogens with one attached hydrogen (secondary N) is 4. The minimum absolute atomic E-state index is 0.0550. The number of alkyl halides is 3. The molecule has 194 valence electrons. The highest BCUT2D eigenvalue weighted by Gasteiger charge is 2.30. The molecule has 0 saturated carbocycles. The average molecular weight is 537 g/mol. The van der Waals surface area contributed by atoms with E-state index in [0.717, 1.165) is 36.4 Å². The maximum Gasteiger partial charge on any atom is 0.416 e. The molecule has 0 aliphatic carbocycles. The third-order valence-corrected chi connectivity index (χ3v) is 5.09. The van der Waals surface area contributed by atoms with E-state index in [0.29, 0.717) is 24.5 Å². The summed E-state index contributed by atoms with van der Waals surface area (Å²) < 4.78 is 51.8. The second-order valence-electron chi connectivity index (χ2n) is 7.51. The van der Waals surface area contributed by atoms with Gasteiger partial charge in [-0.1, -0.05) is 18.2 Å². The van der Waals surface area contributed by atoms with Crippen molar-refractivity contribution in [2.24, 2.45) is 0 Å². The zero-order chi connectivity index (χ0) is 27.0. The van der Waals surface area contributed by atoms with Crippen molar-refractivity contribution in [3.63, 3.8) is 0 Å². The molecule has 37 heavy (non-hydrogen) atoms. The zero-order valence-corrected chi connectivity index (χ0v) is 19.9. The first-order valence-electron chi connectivity index (χ1n) is 10.8. The quantitative estimate of drug-likeness (QED) is 0.157. The third kappa shape index (κ3) is 7.90. The van der Waals surface area contributed by atoms with Crippen molar-refractivity contribution in [3.05, 3.63) is 83.3 Å². The van der Waals surface area contributed by atoms with Crippen LogP contribution in [-0.4, -0.2) is 34.9 Å². The van der Waals surface area contributed by atoms with E-state index in [4.69, 9.17) is 11.6 Å². The first-order chi connectivity index (χ1) is 17.6. The fraction of sp³-hybridized carbons (Fsp3) is 0.167. The van der Waals surface area contributed by atoms with Crippen LogP contribution >= 0.6 is 11.6 Å². The molecule has 2 aromatic carbocycles. The van der Waals surface area contributed by atoms with Gasteiger partial charge in [0.1, 0.15) is 16.7 Å². The monoisotopic (exact) mass is 536 g/mol. The Bertz CT molecular complexity index is 1290. The topological polar surface area (TPSA) is 108 Å². The molecule has 0 unspecified atom stereocenters. The third-order valence-electron chi connectivity index (χ3n) is 4.82. The van der Waals surface area contributed by atoms with Gasteiger partial charge in [0.15, 0.2) is 0 Å². The van der Waals surface area contributed by atoms with E-state index in [9.17, 15) is 27.2 Å². The summed E-state index contributed by atoms with van der Waals surface area (Å²) in [6.45, 7) is 3.92. The summed E-state index contributed by atoms with van der Waals surface area (Å²) in [5.74, 6) is -1.25. The largest absolute Gasteiger partial charge is 0.416 e. The number of rotatable bonds is 10. The van der Waals surface area contributed by atoms with Crippen LogP contribution < -0.4 is 21.3 Å². The van der Waals surface area contributed by atoms with Crippen LogP contribution in [0.3, 0.4) is 0 Å². The number of benzene rings is 2. The molecule has 2 amide bonds. The first kappa shape index (κ1) is 27.4. The molecule has 0 saturated heterocycles. The molecule has 0 aliphatic rings. The van der Waals surface area contributed by atoms with E-state index in [2.05, 4.69) is 37.8 Å². The van der Waals surface area contributed by atoms with Gasteiger partial charge in [-0.05, 0) is 55.0 Å². The van der Waals surface area contributed by atoms with E-state index < -0.39 is 29.4 Å². The predicted octanol–water partition coefficient (Wildman–Crippen LogP) is 5.39. The van der Waals surface area contributed by atoms with Crippen LogP contribution in [-0.2, 0) is 11.0 Å². The average Bonchev–Trinajstić information content (AvgIpc) is 2.87. The van der Waals surface area contributed by atoms with Gasteiger partial charge >= 0.3 is 6.18 Å². The Hall–Kier alpha value is -4.19. The van der Waals surface area contributed by atoms with Gasteiger partial charge in [-0.15, -0.1) is 0 Å². The molecule has 0 fully saturated rings. The summed E-state index contributed by atoms with van der Waals surface area (Å²) in [5, 5.41) is 11.1. The van der Waals surface area contributed by atoms with Crippen molar-refractivity contribution < 1.29 is 27.2 Å². The molecule has 3 aromatic rings. The number of hydrogen-bond donors (Lipinski definition) is 4. The van der Waals surface area contributed by atoms with Crippen molar-refractivity contribution in [1.29, 1.82) is 0 Å². The highest BCUT2D eigenvalue weighted by Crippen LogP contribution is 2.29. The minimum Gasteiger partial charge on any atom is -0.369 e. The van der Waals surface area contributed by atoms with Gasteiger partial charge < -0.3 is 21.3 Å². The number of amides is 2. The molecule has 0 spiro atoms. The highest BCUT2D eigenvalue weighted by atomic mass is 35.5. The molecule has 0 bridgehead atoms. The van der Waals surface area contributed by atoms with Gasteiger partial charge in [0.2, 0.25) is 11.9 Å². The van der Waals surface area contributed by atoms with Gasteiger partial charge in [-0.3, -0.25) is 9.59 Å². The van der Waals surface area contributed by atoms with E-state index in [-0.39, 0.29) is 28.8 Å². The fourth-order valence-electron chi connectivity index (χ4n) is 2.97. The molecule has 1 aromatic heterocycles. The second kappa shape index (κ2) is 12.2. The molecule has 13 heteroatoms. The summed E-state index contributed by atoms with van der Waals surface area (Å²) in [7, 11) is 0. The maximum absolute atomic E-state index is 13.9. The Morgan fingerprint density at radius 2 is 1.81 bits per heavy atom. The lowest BCUT2D eigenvalue weighted by Crippen LogP contribution is -2.26. The van der Waals surface area contributed by atoms with Crippen molar-refractivity contribution in [2.75, 3.05) is 29.0 Å². The van der Waals surface area contributed by atoms with Crippen molar-refractivity contribution in [2.45, 2.75) is 12.6 Å². The summed E-state index contributed by atoms with van der Waals surface area (Å²) in [6, 6.07) is 7.89. The molecule has 0 atom stereocenters. The van der Waals surface area contributed by atoms with Gasteiger partial charge in [0.25, 0.3) is 5.91 Å². The van der Waals surface area contributed by atoms with E-state index in [1.165, 1.54) is 18.3 Å². The highest BCUT2D eigenvalue weighted by molar-refractivity contribution is 6.32. The number of halogens is 5. The number of anilines is 4. The van der Waals surface area contributed by atoms with Gasteiger partial charge in [0, 0.05) is 24.3 Å². The SMILES string of the molecule is C=CC(=O)Nc1cc(Nc2ncc(Cl)c(NCCCNC(=O)c3ccc(C(F)(F)F)cc3)n2)ccc1F. The van der Waals surface area contributed by atoms with Crippen LogP contribution in [0.4, 0.5) is 40.7 Å². The van der Waals surface area contributed by atoms with Gasteiger partial charge in [0.05, 0.1) is 17.4 Å². The van der Waals surface area contributed by atoms with E-state index in [1.807, 2.05) is 0 Å². The van der Waals surface area contributed by atoms with Crippen molar-refractivity contribution in [1.82, 2.24) is 15.3 Å². The summed E-state index contributed by atoms with van der Waals surface area (Å²) in [4.78, 5) is 31.9. The molecule has 3 rings (SSSR count). The number of nitrogens with zero attached hydrogens (tertiary/aromatic N) is 2. The van der Waals surface area contributed by atoms with Gasteiger partial charge in [-0.25, -0.2) is 9.37 Å². The zero-order valence-electron chi connectivity index (χ0n) is 19.1. The standard InChI is InChI=1S/C24H21ClF4N6O2/c1-2-20(36)34-19-12-16(8-9-18(19)26)33-23-32-13-17(25)21(35-23)30-10-3-11-31-22(37)14-4-6-15(7-5-14)24(27,28)29/h2,4-9,12-13H,1,3,10-11H2,(H,31,37)(H,34,36)(H2,30,32,33,35). The van der Waals surface area contributed by atoms with Crippen LogP contribution in [0.25, 0.3) is 0 Å². The molecule has 8 nitrogen and oxygen atoms in total. The van der Waals surface area contributed by atoms with Crippen LogP contribution in [0.1, 0.15) is 22.3 Å².